The van der Waals surface area contributed by atoms with E-state index in [4.69, 9.17) is 11.6 Å². The van der Waals surface area contributed by atoms with Gasteiger partial charge < -0.3 is 5.32 Å². The number of hydrogen-bond donors (Lipinski definition) is 1. The van der Waals surface area contributed by atoms with Crippen LogP contribution < -0.4 is 5.32 Å². The molecule has 2 aromatic rings. The Hall–Kier alpha value is -1.13. The summed E-state index contributed by atoms with van der Waals surface area (Å²) in [5.74, 6) is -1.39. The van der Waals surface area contributed by atoms with E-state index in [2.05, 4.69) is 21.2 Å². The summed E-state index contributed by atoms with van der Waals surface area (Å²) in [7, 11) is 0. The van der Waals surface area contributed by atoms with Crippen LogP contribution in [-0.4, -0.2) is 0 Å². The van der Waals surface area contributed by atoms with E-state index in [1.54, 1.807) is 0 Å². The molecule has 0 heterocycles. The summed E-state index contributed by atoms with van der Waals surface area (Å²) in [4.78, 5) is 0. The highest BCUT2D eigenvalue weighted by atomic mass is 79.9. The lowest BCUT2D eigenvalue weighted by molar-refractivity contribution is 0.585. The Morgan fingerprint density at radius 2 is 1.95 bits per heavy atom. The van der Waals surface area contributed by atoms with E-state index in [9.17, 15) is 8.78 Å². The largest absolute Gasteiger partial charge is 0.377 e. The third-order valence-corrected chi connectivity index (χ3v) is 3.71. The molecular weight excluding hydrogens is 336 g/mol. The van der Waals surface area contributed by atoms with Crippen LogP contribution in [0.5, 0.6) is 0 Å². The highest BCUT2D eigenvalue weighted by Gasteiger charge is 2.10. The summed E-state index contributed by atoms with van der Waals surface area (Å²) in [6.45, 7) is 2.38. The zero-order valence-corrected chi connectivity index (χ0v) is 12.4. The molecule has 0 aromatic heterocycles. The van der Waals surface area contributed by atoms with Crippen molar-refractivity contribution in [2.45, 2.75) is 13.5 Å². The molecule has 0 saturated carbocycles. The molecule has 0 aliphatic carbocycles. The quantitative estimate of drug-likeness (QED) is 0.795. The van der Waals surface area contributed by atoms with Gasteiger partial charge in [-0.15, -0.1) is 0 Å². The number of nitrogens with one attached hydrogen (secondary N) is 1. The van der Waals surface area contributed by atoms with Gasteiger partial charge in [0.15, 0.2) is 5.82 Å². The van der Waals surface area contributed by atoms with E-state index in [0.29, 0.717) is 6.54 Å². The van der Waals surface area contributed by atoms with Crippen molar-refractivity contribution in [2.24, 2.45) is 0 Å². The molecule has 2 rings (SSSR count). The van der Waals surface area contributed by atoms with Crippen molar-refractivity contribution >= 4 is 33.2 Å². The summed E-state index contributed by atoms with van der Waals surface area (Å²) in [5, 5.41) is 2.91. The first kappa shape index (κ1) is 14.3. The van der Waals surface area contributed by atoms with Crippen molar-refractivity contribution in [2.75, 3.05) is 5.32 Å². The molecule has 2 aromatic carbocycles. The number of benzene rings is 2. The van der Waals surface area contributed by atoms with E-state index in [-0.39, 0.29) is 10.7 Å². The van der Waals surface area contributed by atoms with Crippen molar-refractivity contribution in [1.82, 2.24) is 0 Å². The lowest BCUT2D eigenvalue weighted by atomic mass is 10.1. The zero-order chi connectivity index (χ0) is 14.0. The Morgan fingerprint density at radius 3 is 2.58 bits per heavy atom. The smallest absolute Gasteiger partial charge is 0.150 e. The second-order valence-corrected chi connectivity index (χ2v) is 5.45. The van der Waals surface area contributed by atoms with Crippen LogP contribution in [0.25, 0.3) is 0 Å². The predicted molar refractivity (Wildman–Crippen MR) is 77.6 cm³/mol. The lowest BCUT2D eigenvalue weighted by Gasteiger charge is -2.11. The minimum atomic E-state index is -0.701. The van der Waals surface area contributed by atoms with Crippen LogP contribution in [0.3, 0.4) is 0 Å². The monoisotopic (exact) mass is 345 g/mol. The highest BCUT2D eigenvalue weighted by molar-refractivity contribution is 9.10. The molecule has 0 atom stereocenters. The van der Waals surface area contributed by atoms with E-state index in [1.807, 2.05) is 25.1 Å². The number of hydrogen-bond acceptors (Lipinski definition) is 1. The Morgan fingerprint density at radius 1 is 1.21 bits per heavy atom. The predicted octanol–water partition coefficient (Wildman–Crippen LogP) is 5.30. The average Bonchev–Trinajstić information content (AvgIpc) is 2.30. The van der Waals surface area contributed by atoms with Crippen LogP contribution in [0.2, 0.25) is 5.02 Å². The van der Waals surface area contributed by atoms with Gasteiger partial charge in [0.1, 0.15) is 5.82 Å². The van der Waals surface area contributed by atoms with Gasteiger partial charge in [0, 0.05) is 17.1 Å². The third-order valence-electron chi connectivity index (χ3n) is 2.67. The molecule has 19 heavy (non-hydrogen) atoms. The van der Waals surface area contributed by atoms with Gasteiger partial charge in [-0.2, -0.15) is 0 Å². The molecule has 5 heteroatoms. The summed E-state index contributed by atoms with van der Waals surface area (Å²) < 4.78 is 27.4. The van der Waals surface area contributed by atoms with Gasteiger partial charge in [-0.1, -0.05) is 39.7 Å². The fourth-order valence-electron chi connectivity index (χ4n) is 1.69. The van der Waals surface area contributed by atoms with Gasteiger partial charge in [0.25, 0.3) is 0 Å². The van der Waals surface area contributed by atoms with Crippen LogP contribution in [0, 0.1) is 18.6 Å². The Bertz CT molecular complexity index is 593. The maximum Gasteiger partial charge on any atom is 0.150 e. The topological polar surface area (TPSA) is 12.0 Å². The number of aryl methyl sites for hydroxylation is 1. The van der Waals surface area contributed by atoms with Crippen LogP contribution in [-0.2, 0) is 6.54 Å². The minimum Gasteiger partial charge on any atom is -0.377 e. The van der Waals surface area contributed by atoms with Crippen LogP contribution in [0.1, 0.15) is 11.1 Å². The Balaban J connectivity index is 2.19. The van der Waals surface area contributed by atoms with Crippen molar-refractivity contribution in [3.8, 4) is 0 Å². The molecule has 1 nitrogen and oxygen atoms in total. The number of halogens is 4. The van der Waals surface area contributed by atoms with Crippen LogP contribution in [0.4, 0.5) is 14.5 Å². The number of rotatable bonds is 3. The van der Waals surface area contributed by atoms with Gasteiger partial charge in [-0.3, -0.25) is 0 Å². The number of anilines is 1. The van der Waals surface area contributed by atoms with E-state index < -0.39 is 11.6 Å². The molecule has 0 unspecified atom stereocenters. The molecule has 100 valence electrons. The standard InChI is InChI=1S/C14H11BrClF2N/c1-8-2-3-9(11(15)4-8)7-19-14-12(16)5-10(17)6-13(14)18/h2-6,19H,7H2,1H3. The fraction of sp³-hybridized carbons (Fsp3) is 0.143. The normalized spacial score (nSPS) is 10.6. The zero-order valence-electron chi connectivity index (χ0n) is 10.1. The molecule has 0 saturated heterocycles. The van der Waals surface area contributed by atoms with Gasteiger partial charge in [0.05, 0.1) is 10.7 Å². The van der Waals surface area contributed by atoms with Crippen molar-refractivity contribution in [1.29, 1.82) is 0 Å². The van der Waals surface area contributed by atoms with Crippen LogP contribution in [0.15, 0.2) is 34.8 Å². The lowest BCUT2D eigenvalue weighted by Crippen LogP contribution is -2.03. The maximum atomic E-state index is 13.6. The molecule has 0 bridgehead atoms. The third kappa shape index (κ3) is 3.45. The Labute approximate surface area is 123 Å². The van der Waals surface area contributed by atoms with Crippen LogP contribution >= 0.6 is 27.5 Å². The average molecular weight is 347 g/mol. The van der Waals surface area contributed by atoms with Gasteiger partial charge >= 0.3 is 0 Å². The second kappa shape index (κ2) is 5.88. The summed E-state index contributed by atoms with van der Waals surface area (Å²) >= 11 is 9.25. The fourth-order valence-corrected chi connectivity index (χ4v) is 2.59. The van der Waals surface area contributed by atoms with Crippen molar-refractivity contribution in [3.63, 3.8) is 0 Å². The van der Waals surface area contributed by atoms with E-state index in [0.717, 1.165) is 27.7 Å². The first-order valence-electron chi connectivity index (χ1n) is 5.61. The van der Waals surface area contributed by atoms with Gasteiger partial charge in [-0.05, 0) is 30.2 Å². The van der Waals surface area contributed by atoms with Crippen molar-refractivity contribution < 1.29 is 8.78 Å². The first-order chi connectivity index (χ1) is 8.97. The molecule has 0 fully saturated rings. The highest BCUT2D eigenvalue weighted by Crippen LogP contribution is 2.27. The van der Waals surface area contributed by atoms with Gasteiger partial charge in [0.2, 0.25) is 0 Å². The first-order valence-corrected chi connectivity index (χ1v) is 6.78. The minimum absolute atomic E-state index is 0.0285. The maximum absolute atomic E-state index is 13.6. The van der Waals surface area contributed by atoms with Crippen molar-refractivity contribution in [3.05, 3.63) is 62.6 Å². The van der Waals surface area contributed by atoms with Gasteiger partial charge in [-0.25, -0.2) is 8.78 Å². The molecule has 1 N–H and O–H groups in total. The van der Waals surface area contributed by atoms with E-state index >= 15 is 0 Å². The Kier molecular flexibility index (Phi) is 4.42. The summed E-state index contributed by atoms with van der Waals surface area (Å²) in [6.07, 6.45) is 0. The molecule has 0 spiro atoms. The summed E-state index contributed by atoms with van der Waals surface area (Å²) in [6, 6.07) is 7.75. The molecular formula is C14H11BrClF2N. The summed E-state index contributed by atoms with van der Waals surface area (Å²) in [5.41, 5.74) is 2.20. The molecule has 0 radical (unpaired) electrons. The molecule has 0 aliphatic rings. The van der Waals surface area contributed by atoms with E-state index in [1.165, 1.54) is 0 Å². The molecule has 0 amide bonds. The molecule has 0 aliphatic heterocycles. The SMILES string of the molecule is Cc1ccc(CNc2c(F)cc(F)cc2Cl)c(Br)c1. The second-order valence-electron chi connectivity index (χ2n) is 4.19.